The first-order valence-electron chi connectivity index (χ1n) is 5.22. The third-order valence-electron chi connectivity index (χ3n) is 2.33. The number of nitro benzene ring substituents is 1. The first kappa shape index (κ1) is 12.9. The zero-order valence-corrected chi connectivity index (χ0v) is 10.3. The van der Waals surface area contributed by atoms with Crippen LogP contribution in [0.3, 0.4) is 0 Å². The fourth-order valence-electron chi connectivity index (χ4n) is 1.47. The fraction of sp³-hybridized carbons (Fsp3) is 0. The summed E-state index contributed by atoms with van der Waals surface area (Å²) in [5, 5.41) is 20.1. The molecule has 0 unspecified atom stereocenters. The van der Waals surface area contributed by atoms with Crippen molar-refractivity contribution in [2.45, 2.75) is 0 Å². The molecule has 19 heavy (non-hydrogen) atoms. The lowest BCUT2D eigenvalue weighted by Crippen LogP contribution is -1.93. The normalized spacial score (nSPS) is 9.68. The van der Waals surface area contributed by atoms with E-state index in [1.54, 1.807) is 30.3 Å². The van der Waals surface area contributed by atoms with E-state index in [0.717, 1.165) is 0 Å². The minimum atomic E-state index is -0.607. The van der Waals surface area contributed by atoms with Crippen LogP contribution in [0.25, 0.3) is 0 Å². The number of benzene rings is 2. The second kappa shape index (κ2) is 5.38. The molecule has 0 atom stereocenters. The zero-order chi connectivity index (χ0) is 13.8. The standard InChI is InChI=1S/C13H7ClN2O3/c14-10-1-3-11(4-2-10)19-12-5-6-13(16(17)18)9(7-12)8-15/h1-7H. The van der Waals surface area contributed by atoms with E-state index in [4.69, 9.17) is 21.6 Å². The summed E-state index contributed by atoms with van der Waals surface area (Å²) in [7, 11) is 0. The summed E-state index contributed by atoms with van der Waals surface area (Å²) >= 11 is 5.74. The van der Waals surface area contributed by atoms with E-state index in [1.807, 2.05) is 0 Å². The molecular weight excluding hydrogens is 268 g/mol. The molecule has 0 saturated carbocycles. The van der Waals surface area contributed by atoms with Crippen LogP contribution in [0.4, 0.5) is 5.69 Å². The number of nitro groups is 1. The van der Waals surface area contributed by atoms with Crippen LogP contribution in [-0.2, 0) is 0 Å². The summed E-state index contributed by atoms with van der Waals surface area (Å²) in [6.07, 6.45) is 0. The maximum atomic E-state index is 10.7. The topological polar surface area (TPSA) is 76.2 Å². The van der Waals surface area contributed by atoms with Gasteiger partial charge in [0.2, 0.25) is 0 Å². The van der Waals surface area contributed by atoms with Gasteiger partial charge in [0.05, 0.1) is 4.92 Å². The Morgan fingerprint density at radius 3 is 2.37 bits per heavy atom. The largest absolute Gasteiger partial charge is 0.457 e. The molecule has 0 heterocycles. The molecule has 2 aromatic carbocycles. The van der Waals surface area contributed by atoms with E-state index < -0.39 is 4.92 Å². The number of ether oxygens (including phenoxy) is 1. The van der Waals surface area contributed by atoms with Crippen molar-refractivity contribution in [3.05, 3.63) is 63.2 Å². The molecular formula is C13H7ClN2O3. The fourth-order valence-corrected chi connectivity index (χ4v) is 1.59. The summed E-state index contributed by atoms with van der Waals surface area (Å²) in [6, 6.07) is 12.4. The zero-order valence-electron chi connectivity index (χ0n) is 9.54. The molecule has 0 aliphatic heterocycles. The lowest BCUT2D eigenvalue weighted by Gasteiger charge is -2.05. The molecule has 0 saturated heterocycles. The van der Waals surface area contributed by atoms with Crippen molar-refractivity contribution in [1.82, 2.24) is 0 Å². The molecule has 2 aromatic rings. The van der Waals surface area contributed by atoms with Crippen LogP contribution in [0.15, 0.2) is 42.5 Å². The predicted octanol–water partition coefficient (Wildman–Crippen LogP) is 3.91. The molecule has 0 bridgehead atoms. The highest BCUT2D eigenvalue weighted by Crippen LogP contribution is 2.27. The van der Waals surface area contributed by atoms with E-state index in [9.17, 15) is 10.1 Å². The SMILES string of the molecule is N#Cc1cc(Oc2ccc(Cl)cc2)ccc1[N+](=O)[O-]. The summed E-state index contributed by atoms with van der Waals surface area (Å²) in [4.78, 5) is 10.1. The van der Waals surface area contributed by atoms with Gasteiger partial charge in [-0.2, -0.15) is 5.26 Å². The Morgan fingerprint density at radius 2 is 1.79 bits per heavy atom. The van der Waals surface area contributed by atoms with Gasteiger partial charge in [0.15, 0.2) is 0 Å². The summed E-state index contributed by atoms with van der Waals surface area (Å²) < 4.78 is 5.48. The van der Waals surface area contributed by atoms with E-state index >= 15 is 0 Å². The average molecular weight is 275 g/mol. The van der Waals surface area contributed by atoms with Gasteiger partial charge in [0.1, 0.15) is 23.1 Å². The van der Waals surface area contributed by atoms with Crippen molar-refractivity contribution in [2.24, 2.45) is 0 Å². The third-order valence-corrected chi connectivity index (χ3v) is 2.59. The highest BCUT2D eigenvalue weighted by Gasteiger charge is 2.14. The van der Waals surface area contributed by atoms with E-state index in [1.165, 1.54) is 18.2 Å². The van der Waals surface area contributed by atoms with Gasteiger partial charge in [-0.1, -0.05) is 11.6 Å². The van der Waals surface area contributed by atoms with Gasteiger partial charge < -0.3 is 4.74 Å². The Morgan fingerprint density at radius 1 is 1.16 bits per heavy atom. The van der Waals surface area contributed by atoms with Crippen LogP contribution in [0.1, 0.15) is 5.56 Å². The van der Waals surface area contributed by atoms with Crippen LogP contribution < -0.4 is 4.74 Å². The minimum Gasteiger partial charge on any atom is -0.457 e. The van der Waals surface area contributed by atoms with Crippen molar-refractivity contribution in [1.29, 1.82) is 5.26 Å². The molecule has 0 aliphatic carbocycles. The van der Waals surface area contributed by atoms with E-state index in [0.29, 0.717) is 16.5 Å². The van der Waals surface area contributed by atoms with E-state index in [-0.39, 0.29) is 11.3 Å². The maximum absolute atomic E-state index is 10.7. The molecule has 94 valence electrons. The molecule has 2 rings (SSSR count). The Kier molecular flexibility index (Phi) is 3.64. The quantitative estimate of drug-likeness (QED) is 0.628. The molecule has 0 spiro atoms. The Labute approximate surface area is 113 Å². The maximum Gasteiger partial charge on any atom is 0.287 e. The van der Waals surface area contributed by atoms with Crippen molar-refractivity contribution in [2.75, 3.05) is 0 Å². The summed E-state index contributed by atoms with van der Waals surface area (Å²) in [6.45, 7) is 0. The monoisotopic (exact) mass is 274 g/mol. The van der Waals surface area contributed by atoms with Gasteiger partial charge in [-0.25, -0.2) is 0 Å². The number of halogens is 1. The number of nitrogens with zero attached hydrogens (tertiary/aromatic N) is 2. The molecule has 0 N–H and O–H groups in total. The van der Waals surface area contributed by atoms with Gasteiger partial charge in [0.25, 0.3) is 5.69 Å². The second-order valence-corrected chi connectivity index (χ2v) is 4.04. The summed E-state index contributed by atoms with van der Waals surface area (Å²) in [5.41, 5.74) is -0.289. The van der Waals surface area contributed by atoms with Crippen LogP contribution in [0, 0.1) is 21.4 Å². The molecule has 5 nitrogen and oxygen atoms in total. The molecule has 6 heteroatoms. The number of hydrogen-bond donors (Lipinski definition) is 0. The Balaban J connectivity index is 2.29. The molecule has 0 fully saturated rings. The lowest BCUT2D eigenvalue weighted by molar-refractivity contribution is -0.385. The highest BCUT2D eigenvalue weighted by molar-refractivity contribution is 6.30. The lowest BCUT2D eigenvalue weighted by atomic mass is 10.2. The van der Waals surface area contributed by atoms with Crippen molar-refractivity contribution >= 4 is 17.3 Å². The molecule has 0 radical (unpaired) electrons. The van der Waals surface area contributed by atoms with Crippen molar-refractivity contribution < 1.29 is 9.66 Å². The first-order valence-corrected chi connectivity index (χ1v) is 5.60. The van der Waals surface area contributed by atoms with Crippen molar-refractivity contribution in [3.8, 4) is 17.6 Å². The number of rotatable bonds is 3. The number of nitriles is 1. The minimum absolute atomic E-state index is 0.0449. The number of hydrogen-bond acceptors (Lipinski definition) is 4. The highest BCUT2D eigenvalue weighted by atomic mass is 35.5. The third kappa shape index (κ3) is 3.00. The van der Waals surface area contributed by atoms with Gasteiger partial charge >= 0.3 is 0 Å². The Bertz CT molecular complexity index is 663. The second-order valence-electron chi connectivity index (χ2n) is 3.60. The van der Waals surface area contributed by atoms with Crippen LogP contribution in [0.5, 0.6) is 11.5 Å². The van der Waals surface area contributed by atoms with Crippen LogP contribution >= 0.6 is 11.6 Å². The summed E-state index contributed by atoms with van der Waals surface area (Å²) in [5.74, 6) is 0.881. The molecule has 0 amide bonds. The molecule has 0 aromatic heterocycles. The van der Waals surface area contributed by atoms with Crippen LogP contribution in [0.2, 0.25) is 5.02 Å². The van der Waals surface area contributed by atoms with E-state index in [2.05, 4.69) is 0 Å². The van der Waals surface area contributed by atoms with Gasteiger partial charge in [-0.15, -0.1) is 0 Å². The molecule has 0 aliphatic rings. The first-order chi connectivity index (χ1) is 9.10. The van der Waals surface area contributed by atoms with Gasteiger partial charge in [-0.3, -0.25) is 10.1 Å². The van der Waals surface area contributed by atoms with Crippen LogP contribution in [-0.4, -0.2) is 4.92 Å². The predicted molar refractivity (Wildman–Crippen MR) is 69.3 cm³/mol. The average Bonchev–Trinajstić information content (AvgIpc) is 2.41. The Hall–Kier alpha value is -2.58. The van der Waals surface area contributed by atoms with Gasteiger partial charge in [-0.05, 0) is 30.3 Å². The van der Waals surface area contributed by atoms with Gasteiger partial charge in [0, 0.05) is 17.2 Å². The van der Waals surface area contributed by atoms with Crippen molar-refractivity contribution in [3.63, 3.8) is 0 Å². The smallest absolute Gasteiger partial charge is 0.287 e.